The molecule has 0 saturated carbocycles. The highest BCUT2D eigenvalue weighted by Crippen LogP contribution is 2.37. The second-order valence-corrected chi connectivity index (χ2v) is 5.28. The number of carbonyl (C=O) groups is 1. The maximum atomic E-state index is 13.5. The number of aromatic nitrogens is 5. The van der Waals surface area contributed by atoms with Crippen molar-refractivity contribution >= 4 is 22.8 Å². The Morgan fingerprint density at radius 2 is 2.04 bits per heavy atom. The molecule has 0 spiro atoms. The second kappa shape index (κ2) is 6.24. The van der Waals surface area contributed by atoms with Gasteiger partial charge in [-0.15, -0.1) is 0 Å². The summed E-state index contributed by atoms with van der Waals surface area (Å²) in [4.78, 5) is 27.2. The Hall–Kier alpha value is -3.24. The fourth-order valence-electron chi connectivity index (χ4n) is 2.40. The van der Waals surface area contributed by atoms with E-state index in [9.17, 15) is 18.0 Å². The Kier molecular flexibility index (Phi) is 4.22. The van der Waals surface area contributed by atoms with E-state index in [2.05, 4.69) is 19.9 Å². The maximum Gasteiger partial charge on any atom is 0.435 e. The van der Waals surface area contributed by atoms with Crippen LogP contribution in [0.4, 0.5) is 19.0 Å². The van der Waals surface area contributed by atoms with Crippen molar-refractivity contribution in [2.75, 3.05) is 12.3 Å². The number of rotatable bonds is 3. The van der Waals surface area contributed by atoms with Crippen molar-refractivity contribution in [3.8, 4) is 11.3 Å². The molecular weight excluding hydrogens is 353 g/mol. The van der Waals surface area contributed by atoms with Gasteiger partial charge in [-0.1, -0.05) is 0 Å². The number of esters is 1. The number of alkyl halides is 3. The number of carbonyl (C=O) groups excluding carboxylic acids is 1. The molecule has 136 valence electrons. The third-order valence-corrected chi connectivity index (χ3v) is 3.55. The van der Waals surface area contributed by atoms with Crippen LogP contribution in [0.1, 0.15) is 23.1 Å². The molecular formula is C15H13F3N6O2. The number of halogens is 3. The number of nitrogen functional groups attached to an aromatic ring is 1. The van der Waals surface area contributed by atoms with Gasteiger partial charge in [0, 0.05) is 18.8 Å². The van der Waals surface area contributed by atoms with Crippen molar-refractivity contribution < 1.29 is 22.7 Å². The van der Waals surface area contributed by atoms with E-state index in [0.717, 1.165) is 0 Å². The third-order valence-electron chi connectivity index (χ3n) is 3.55. The maximum absolute atomic E-state index is 13.5. The quantitative estimate of drug-likeness (QED) is 0.708. The topological polar surface area (TPSA) is 109 Å². The van der Waals surface area contributed by atoms with E-state index in [4.69, 9.17) is 10.5 Å². The number of fused-ring (bicyclic) bond motifs is 1. The highest BCUT2D eigenvalue weighted by Gasteiger charge is 2.39. The molecule has 11 heteroatoms. The summed E-state index contributed by atoms with van der Waals surface area (Å²) >= 11 is 0. The Balaban J connectivity index is 2.33. The fourth-order valence-corrected chi connectivity index (χ4v) is 2.40. The third kappa shape index (κ3) is 2.91. The lowest BCUT2D eigenvalue weighted by molar-refractivity contribution is -0.140. The summed E-state index contributed by atoms with van der Waals surface area (Å²) in [6.45, 7) is 1.55. The number of imidazole rings is 1. The SMILES string of the molecule is CCOC(=O)c1nc(-c2cncc3c2ncn3C)c(C(F)(F)F)nc1N. The van der Waals surface area contributed by atoms with Gasteiger partial charge in [0.05, 0.1) is 24.6 Å². The zero-order chi connectivity index (χ0) is 19.1. The number of hydrogen-bond acceptors (Lipinski definition) is 7. The van der Waals surface area contributed by atoms with E-state index in [1.807, 2.05) is 0 Å². The normalized spacial score (nSPS) is 11.7. The van der Waals surface area contributed by atoms with Crippen molar-refractivity contribution in [3.63, 3.8) is 0 Å². The Morgan fingerprint density at radius 3 is 2.69 bits per heavy atom. The van der Waals surface area contributed by atoms with E-state index < -0.39 is 35.0 Å². The van der Waals surface area contributed by atoms with Gasteiger partial charge in [-0.05, 0) is 6.92 Å². The minimum Gasteiger partial charge on any atom is -0.461 e. The largest absolute Gasteiger partial charge is 0.461 e. The van der Waals surface area contributed by atoms with Gasteiger partial charge in [0.1, 0.15) is 11.2 Å². The van der Waals surface area contributed by atoms with Crippen molar-refractivity contribution in [2.45, 2.75) is 13.1 Å². The van der Waals surface area contributed by atoms with Gasteiger partial charge in [-0.2, -0.15) is 13.2 Å². The fraction of sp³-hybridized carbons (Fsp3) is 0.267. The van der Waals surface area contributed by atoms with Crippen molar-refractivity contribution in [3.05, 3.63) is 30.1 Å². The van der Waals surface area contributed by atoms with Crippen molar-refractivity contribution in [2.24, 2.45) is 7.05 Å². The molecule has 0 radical (unpaired) electrons. The molecule has 3 rings (SSSR count). The van der Waals surface area contributed by atoms with E-state index in [1.165, 1.54) is 18.7 Å². The molecule has 3 aromatic heterocycles. The molecule has 0 saturated heterocycles. The molecule has 0 fully saturated rings. The van der Waals surface area contributed by atoms with Crippen LogP contribution >= 0.6 is 0 Å². The molecule has 8 nitrogen and oxygen atoms in total. The van der Waals surface area contributed by atoms with E-state index in [-0.39, 0.29) is 17.7 Å². The number of ether oxygens (including phenoxy) is 1. The predicted molar refractivity (Wildman–Crippen MR) is 84.9 cm³/mol. The molecule has 0 bridgehead atoms. The average molecular weight is 366 g/mol. The van der Waals surface area contributed by atoms with Crippen LogP contribution in [0.2, 0.25) is 0 Å². The zero-order valence-electron chi connectivity index (χ0n) is 13.7. The molecule has 0 aliphatic rings. The molecule has 0 aliphatic carbocycles. The molecule has 26 heavy (non-hydrogen) atoms. The van der Waals surface area contributed by atoms with Crippen LogP contribution < -0.4 is 5.73 Å². The highest BCUT2D eigenvalue weighted by molar-refractivity contribution is 5.95. The lowest BCUT2D eigenvalue weighted by Gasteiger charge is -2.14. The molecule has 2 N–H and O–H groups in total. The highest BCUT2D eigenvalue weighted by atomic mass is 19.4. The van der Waals surface area contributed by atoms with Crippen LogP contribution in [0.15, 0.2) is 18.7 Å². The van der Waals surface area contributed by atoms with Gasteiger partial charge < -0.3 is 15.0 Å². The number of aryl methyl sites for hydroxylation is 1. The zero-order valence-corrected chi connectivity index (χ0v) is 13.7. The standard InChI is InChI=1S/C15H13F3N6O2/c1-3-26-14(25)11-13(19)23-12(15(16,17)18)10(22-11)7-4-20-5-8-9(7)21-6-24(8)2/h4-6H,3H2,1-2H3,(H2,19,23). The lowest BCUT2D eigenvalue weighted by Crippen LogP contribution is -2.19. The summed E-state index contributed by atoms with van der Waals surface area (Å²) < 4.78 is 46.8. The molecule has 0 amide bonds. The monoisotopic (exact) mass is 366 g/mol. The summed E-state index contributed by atoms with van der Waals surface area (Å²) in [5.41, 5.74) is 3.79. The molecule has 3 heterocycles. The van der Waals surface area contributed by atoms with Gasteiger partial charge >= 0.3 is 12.1 Å². The average Bonchev–Trinajstić information content (AvgIpc) is 2.95. The van der Waals surface area contributed by atoms with Crippen LogP contribution in [-0.2, 0) is 18.0 Å². The van der Waals surface area contributed by atoms with Gasteiger partial charge in [-0.3, -0.25) is 4.98 Å². The van der Waals surface area contributed by atoms with Gasteiger partial charge in [0.2, 0.25) is 0 Å². The summed E-state index contributed by atoms with van der Waals surface area (Å²) in [6.07, 6.45) is -0.781. The van der Waals surface area contributed by atoms with Crippen LogP contribution in [0, 0.1) is 0 Å². The first kappa shape index (κ1) is 17.6. The van der Waals surface area contributed by atoms with Crippen LogP contribution in [0.25, 0.3) is 22.3 Å². The Bertz CT molecular complexity index is 999. The second-order valence-electron chi connectivity index (χ2n) is 5.28. The molecule has 0 atom stereocenters. The van der Waals surface area contributed by atoms with Crippen LogP contribution in [0.3, 0.4) is 0 Å². The molecule has 0 unspecified atom stereocenters. The van der Waals surface area contributed by atoms with E-state index >= 15 is 0 Å². The van der Waals surface area contributed by atoms with E-state index in [0.29, 0.717) is 5.52 Å². The first-order valence-corrected chi connectivity index (χ1v) is 7.41. The minimum atomic E-state index is -4.85. The minimum absolute atomic E-state index is 0.00763. The summed E-state index contributed by atoms with van der Waals surface area (Å²) in [6, 6.07) is 0. The molecule has 3 aromatic rings. The summed E-state index contributed by atoms with van der Waals surface area (Å²) in [7, 11) is 1.67. The molecule has 0 aliphatic heterocycles. The lowest BCUT2D eigenvalue weighted by atomic mass is 10.1. The number of anilines is 1. The number of nitrogens with two attached hydrogens (primary N) is 1. The first-order chi connectivity index (χ1) is 12.2. The van der Waals surface area contributed by atoms with Crippen molar-refractivity contribution in [1.29, 1.82) is 0 Å². The number of nitrogens with zero attached hydrogens (tertiary/aromatic N) is 5. The first-order valence-electron chi connectivity index (χ1n) is 7.41. The summed E-state index contributed by atoms with van der Waals surface area (Å²) in [5.74, 6) is -1.63. The van der Waals surface area contributed by atoms with Gasteiger partial charge in [0.25, 0.3) is 0 Å². The predicted octanol–water partition coefficient (Wildman–Crippen LogP) is 2.20. The van der Waals surface area contributed by atoms with Crippen LogP contribution in [-0.4, -0.2) is 37.1 Å². The van der Waals surface area contributed by atoms with Gasteiger partial charge in [-0.25, -0.2) is 19.7 Å². The Labute approximate surface area is 144 Å². The van der Waals surface area contributed by atoms with Crippen LogP contribution in [0.5, 0.6) is 0 Å². The number of pyridine rings is 1. The summed E-state index contributed by atoms with van der Waals surface area (Å²) in [5, 5.41) is 0. The van der Waals surface area contributed by atoms with Gasteiger partial charge in [0.15, 0.2) is 17.2 Å². The van der Waals surface area contributed by atoms with E-state index in [1.54, 1.807) is 18.5 Å². The van der Waals surface area contributed by atoms with Crippen molar-refractivity contribution in [1.82, 2.24) is 24.5 Å². The molecule has 0 aromatic carbocycles. The Morgan fingerprint density at radius 1 is 1.31 bits per heavy atom. The smallest absolute Gasteiger partial charge is 0.435 e. The number of hydrogen-bond donors (Lipinski definition) is 1.